The van der Waals surface area contributed by atoms with Crippen molar-refractivity contribution in [3.63, 3.8) is 0 Å². The van der Waals surface area contributed by atoms with E-state index >= 15 is 0 Å². The second-order valence-electron chi connectivity index (χ2n) is 6.34. The molecule has 122 valence electrons. The maximum Gasteiger partial charge on any atom is 0.151 e. The number of aromatic nitrogens is 2. The Morgan fingerprint density at radius 2 is 1.96 bits per heavy atom. The molecule has 0 saturated carbocycles. The predicted molar refractivity (Wildman–Crippen MR) is 96.4 cm³/mol. The van der Waals surface area contributed by atoms with Crippen molar-refractivity contribution >= 4 is 27.5 Å². The zero-order valence-corrected chi connectivity index (χ0v) is 14.8. The monoisotopic (exact) mass is 383 g/mol. The molecule has 0 spiro atoms. The zero-order chi connectivity index (χ0) is 16.5. The predicted octanol–water partition coefficient (Wildman–Crippen LogP) is 3.53. The number of rotatable bonds is 2. The number of halogens is 1. The average molecular weight is 384 g/mol. The van der Waals surface area contributed by atoms with Gasteiger partial charge in [-0.15, -0.1) is 0 Å². The highest BCUT2D eigenvalue weighted by molar-refractivity contribution is 9.10. The Morgan fingerprint density at radius 1 is 1.17 bits per heavy atom. The third-order valence-corrected chi connectivity index (χ3v) is 5.73. The highest BCUT2D eigenvalue weighted by Crippen LogP contribution is 2.45. The van der Waals surface area contributed by atoms with Crippen molar-refractivity contribution in [2.75, 3.05) is 13.1 Å². The van der Waals surface area contributed by atoms with E-state index in [9.17, 15) is 5.26 Å². The molecular weight excluding hydrogens is 366 g/mol. The third kappa shape index (κ3) is 2.58. The maximum atomic E-state index is 9.99. The zero-order valence-electron chi connectivity index (χ0n) is 13.2. The summed E-state index contributed by atoms with van der Waals surface area (Å²) in [5.41, 5.74) is 3.13. The quantitative estimate of drug-likeness (QED) is 0.832. The van der Waals surface area contributed by atoms with E-state index in [0.29, 0.717) is 5.92 Å². The molecule has 1 saturated heterocycles. The van der Waals surface area contributed by atoms with Gasteiger partial charge in [-0.1, -0.05) is 34.1 Å². The van der Waals surface area contributed by atoms with Gasteiger partial charge in [-0.05, 0) is 37.6 Å². The molecule has 2 aromatic rings. The van der Waals surface area contributed by atoms with E-state index in [4.69, 9.17) is 4.99 Å². The molecule has 2 aliphatic rings. The van der Waals surface area contributed by atoms with Gasteiger partial charge in [-0.2, -0.15) is 10.4 Å². The highest BCUT2D eigenvalue weighted by atomic mass is 79.9. The van der Waals surface area contributed by atoms with Crippen molar-refractivity contribution in [3.8, 4) is 6.07 Å². The van der Waals surface area contributed by atoms with Crippen LogP contribution in [0.15, 0.2) is 39.9 Å². The standard InChI is InChI=1S/C18H18BrN5/c19-15-4-2-1-3-12(15)16-13(9-20)17(11-5-7-21-8-6-11)23-18-14(16)10-22-24-18/h1-4,10-11,13,16,21H,5-8H2,(H,22,24). The van der Waals surface area contributed by atoms with Gasteiger partial charge in [-0.25, -0.2) is 4.99 Å². The lowest BCUT2D eigenvalue weighted by molar-refractivity contribution is 0.443. The van der Waals surface area contributed by atoms with E-state index in [-0.39, 0.29) is 11.8 Å². The summed E-state index contributed by atoms with van der Waals surface area (Å²) in [7, 11) is 0. The van der Waals surface area contributed by atoms with Crippen molar-refractivity contribution < 1.29 is 0 Å². The molecule has 2 atom stereocenters. The number of benzene rings is 1. The molecule has 5 nitrogen and oxygen atoms in total. The van der Waals surface area contributed by atoms with Crippen molar-refractivity contribution in [1.82, 2.24) is 15.5 Å². The molecule has 1 aromatic heterocycles. The summed E-state index contributed by atoms with van der Waals surface area (Å²) in [6.45, 7) is 1.97. The largest absolute Gasteiger partial charge is 0.317 e. The van der Waals surface area contributed by atoms with E-state index < -0.39 is 0 Å². The first-order valence-corrected chi connectivity index (χ1v) is 9.05. The van der Waals surface area contributed by atoms with Crippen LogP contribution in [0.3, 0.4) is 0 Å². The molecule has 0 amide bonds. The molecule has 3 heterocycles. The van der Waals surface area contributed by atoms with Gasteiger partial charge in [-0.3, -0.25) is 5.10 Å². The number of nitriles is 1. The van der Waals surface area contributed by atoms with Gasteiger partial charge in [0.25, 0.3) is 0 Å². The fourth-order valence-electron chi connectivity index (χ4n) is 3.83. The summed E-state index contributed by atoms with van der Waals surface area (Å²) in [5.74, 6) is 0.867. The molecule has 1 fully saturated rings. The fourth-order valence-corrected chi connectivity index (χ4v) is 4.36. The lowest BCUT2D eigenvalue weighted by atomic mass is 9.73. The topological polar surface area (TPSA) is 76.9 Å². The van der Waals surface area contributed by atoms with Crippen LogP contribution in [0.4, 0.5) is 5.82 Å². The first-order chi connectivity index (χ1) is 11.8. The Labute approximate surface area is 149 Å². The van der Waals surface area contributed by atoms with Crippen molar-refractivity contribution in [2.45, 2.75) is 18.8 Å². The van der Waals surface area contributed by atoms with E-state index in [1.54, 1.807) is 0 Å². The van der Waals surface area contributed by atoms with Crippen LogP contribution in [0, 0.1) is 23.2 Å². The van der Waals surface area contributed by atoms with Gasteiger partial charge in [0.1, 0.15) is 0 Å². The molecule has 2 unspecified atom stereocenters. The number of H-pyrrole nitrogens is 1. The Balaban J connectivity index is 1.83. The van der Waals surface area contributed by atoms with E-state index in [0.717, 1.165) is 53.1 Å². The van der Waals surface area contributed by atoms with Crippen LogP contribution in [0.2, 0.25) is 0 Å². The van der Waals surface area contributed by atoms with Crippen LogP contribution >= 0.6 is 15.9 Å². The molecule has 24 heavy (non-hydrogen) atoms. The summed E-state index contributed by atoms with van der Waals surface area (Å²) in [6, 6.07) is 10.7. The Morgan fingerprint density at radius 3 is 2.71 bits per heavy atom. The molecule has 4 rings (SSSR count). The molecular formula is C18H18BrN5. The first kappa shape index (κ1) is 15.6. The summed E-state index contributed by atoms with van der Waals surface area (Å²) >= 11 is 3.65. The molecule has 2 N–H and O–H groups in total. The normalized spacial score (nSPS) is 24.1. The van der Waals surface area contributed by atoms with Gasteiger partial charge in [0.15, 0.2) is 5.82 Å². The number of nitrogens with zero attached hydrogens (tertiary/aromatic N) is 3. The molecule has 0 aliphatic carbocycles. The Kier molecular flexibility index (Phi) is 4.21. The number of fused-ring (bicyclic) bond motifs is 1. The number of aromatic amines is 1. The van der Waals surface area contributed by atoms with Crippen molar-refractivity contribution in [3.05, 3.63) is 46.1 Å². The van der Waals surface area contributed by atoms with Crippen LogP contribution in [0.1, 0.15) is 29.9 Å². The number of hydrogen-bond acceptors (Lipinski definition) is 4. The third-order valence-electron chi connectivity index (χ3n) is 5.01. The lowest BCUT2D eigenvalue weighted by Crippen LogP contribution is -2.37. The van der Waals surface area contributed by atoms with E-state index in [2.05, 4.69) is 43.6 Å². The van der Waals surface area contributed by atoms with Crippen LogP contribution < -0.4 is 5.32 Å². The molecule has 2 aliphatic heterocycles. The second kappa shape index (κ2) is 6.50. The summed E-state index contributed by atoms with van der Waals surface area (Å²) in [4.78, 5) is 4.82. The van der Waals surface area contributed by atoms with Crippen LogP contribution in [-0.4, -0.2) is 29.0 Å². The second-order valence-corrected chi connectivity index (χ2v) is 7.20. The first-order valence-electron chi connectivity index (χ1n) is 8.26. The summed E-state index contributed by atoms with van der Waals surface area (Å²) < 4.78 is 1.02. The highest BCUT2D eigenvalue weighted by Gasteiger charge is 2.39. The summed E-state index contributed by atoms with van der Waals surface area (Å²) in [6.07, 6.45) is 3.87. The molecule has 6 heteroatoms. The van der Waals surface area contributed by atoms with Gasteiger partial charge >= 0.3 is 0 Å². The van der Waals surface area contributed by atoms with Crippen molar-refractivity contribution in [2.24, 2.45) is 16.8 Å². The average Bonchev–Trinajstić information content (AvgIpc) is 3.10. The van der Waals surface area contributed by atoms with Crippen LogP contribution in [0.25, 0.3) is 0 Å². The molecule has 0 radical (unpaired) electrons. The number of nitrogens with one attached hydrogen (secondary N) is 2. The number of aliphatic imine (C=N–C) groups is 1. The SMILES string of the molecule is N#CC1C(C2CCNCC2)=Nc2[nH]ncc2C1c1ccccc1Br. The minimum atomic E-state index is -0.253. The molecule has 1 aromatic carbocycles. The number of hydrogen-bond donors (Lipinski definition) is 2. The van der Waals surface area contributed by atoms with Gasteiger partial charge in [0, 0.05) is 27.6 Å². The lowest BCUT2D eigenvalue weighted by Gasteiger charge is -2.33. The van der Waals surface area contributed by atoms with Crippen molar-refractivity contribution in [1.29, 1.82) is 5.26 Å². The minimum absolute atomic E-state index is 0.0401. The molecule has 0 bridgehead atoms. The van der Waals surface area contributed by atoms with E-state index in [1.165, 1.54) is 0 Å². The maximum absolute atomic E-state index is 9.99. The minimum Gasteiger partial charge on any atom is -0.317 e. The smallest absolute Gasteiger partial charge is 0.151 e. The Bertz CT molecular complexity index is 813. The van der Waals surface area contributed by atoms with Gasteiger partial charge in [0.05, 0.1) is 18.2 Å². The number of piperidine rings is 1. The van der Waals surface area contributed by atoms with Crippen LogP contribution in [-0.2, 0) is 0 Å². The fraction of sp³-hybridized carbons (Fsp3) is 0.389. The Hall–Kier alpha value is -1.97. The van der Waals surface area contributed by atoms with Gasteiger partial charge in [0.2, 0.25) is 0 Å². The van der Waals surface area contributed by atoms with Gasteiger partial charge < -0.3 is 5.32 Å². The van der Waals surface area contributed by atoms with Crippen LogP contribution in [0.5, 0.6) is 0 Å². The van der Waals surface area contributed by atoms with E-state index in [1.807, 2.05) is 24.4 Å². The summed E-state index contributed by atoms with van der Waals surface area (Å²) in [5, 5.41) is 20.6.